The van der Waals surface area contributed by atoms with Crippen molar-refractivity contribution in [2.45, 2.75) is 54.0 Å². The van der Waals surface area contributed by atoms with Crippen LogP contribution in [0.4, 0.5) is 4.79 Å². The monoisotopic (exact) mass is 358 g/mol. The Kier molecular flexibility index (Phi) is 3.89. The van der Waals surface area contributed by atoms with Gasteiger partial charge in [-0.05, 0) is 26.7 Å². The van der Waals surface area contributed by atoms with Gasteiger partial charge in [-0.2, -0.15) is 35.3 Å². The maximum absolute atomic E-state index is 13.1. The fraction of sp³-hybridized carbons (Fsp3) is 0.867. The molecule has 7 heteroatoms. The minimum Gasteiger partial charge on any atom is -0.310 e. The van der Waals surface area contributed by atoms with Crippen molar-refractivity contribution >= 4 is 47.2 Å². The van der Waals surface area contributed by atoms with Crippen LogP contribution in [-0.4, -0.2) is 72.9 Å². The molecule has 0 aromatic carbocycles. The molecular formula is C15H22N2O2S3. The Labute approximate surface area is 144 Å². The van der Waals surface area contributed by atoms with Crippen LogP contribution in [0.3, 0.4) is 0 Å². The van der Waals surface area contributed by atoms with Gasteiger partial charge in [0, 0.05) is 39.1 Å². The molecule has 1 saturated carbocycles. The standard InChI is InChI=1S/C15H22N2O2S3/c1-15(2)12-13(18)17(14(19)16(12)5-6-22-15)9-3-4-10-11(9)21-8-7-20-10/h9-12H,3-8H2,1-2H3/t9?,10?,11?,12-/m0/s1. The molecule has 122 valence electrons. The van der Waals surface area contributed by atoms with Crippen LogP contribution in [0, 0.1) is 0 Å². The van der Waals surface area contributed by atoms with Crippen molar-refractivity contribution in [2.75, 3.05) is 23.8 Å². The minimum atomic E-state index is -0.265. The summed E-state index contributed by atoms with van der Waals surface area (Å²) in [6.45, 7) is 4.92. The van der Waals surface area contributed by atoms with Crippen LogP contribution in [0.1, 0.15) is 26.7 Å². The number of rotatable bonds is 1. The van der Waals surface area contributed by atoms with Crippen molar-refractivity contribution < 1.29 is 9.59 Å². The Morgan fingerprint density at radius 1 is 1.09 bits per heavy atom. The molecule has 3 amide bonds. The predicted octanol–water partition coefficient (Wildman–Crippen LogP) is 2.52. The van der Waals surface area contributed by atoms with Gasteiger partial charge >= 0.3 is 6.03 Å². The van der Waals surface area contributed by atoms with E-state index in [0.29, 0.717) is 17.0 Å². The largest absolute Gasteiger partial charge is 0.327 e. The molecule has 3 heterocycles. The molecule has 4 fully saturated rings. The zero-order valence-corrected chi connectivity index (χ0v) is 15.4. The van der Waals surface area contributed by atoms with Gasteiger partial charge in [-0.15, -0.1) is 0 Å². The van der Waals surface area contributed by atoms with Gasteiger partial charge in [0.1, 0.15) is 6.04 Å². The second kappa shape index (κ2) is 5.52. The Balaban J connectivity index is 1.62. The number of amides is 3. The SMILES string of the molecule is CC1(C)SCCN2C(=O)N(C3CCC4SCCSC43)C(=O)[C@H]21. The lowest BCUT2D eigenvalue weighted by molar-refractivity contribution is -0.130. The fourth-order valence-corrected chi connectivity index (χ4v) is 8.79. The lowest BCUT2D eigenvalue weighted by Crippen LogP contribution is -2.52. The van der Waals surface area contributed by atoms with E-state index >= 15 is 0 Å². The molecule has 3 unspecified atom stereocenters. The van der Waals surface area contributed by atoms with Crippen molar-refractivity contribution in [1.29, 1.82) is 0 Å². The normalized spacial score (nSPS) is 40.8. The summed E-state index contributed by atoms with van der Waals surface area (Å²) in [7, 11) is 0. The number of urea groups is 1. The highest BCUT2D eigenvalue weighted by Crippen LogP contribution is 2.47. The van der Waals surface area contributed by atoms with Crippen LogP contribution in [0.25, 0.3) is 0 Å². The average molecular weight is 359 g/mol. The Bertz CT molecular complexity index is 513. The molecule has 4 aliphatic rings. The topological polar surface area (TPSA) is 40.6 Å². The molecule has 0 radical (unpaired) electrons. The Morgan fingerprint density at radius 3 is 2.64 bits per heavy atom. The van der Waals surface area contributed by atoms with Gasteiger partial charge in [0.2, 0.25) is 0 Å². The van der Waals surface area contributed by atoms with E-state index in [1.807, 2.05) is 40.2 Å². The third-order valence-electron chi connectivity index (χ3n) is 5.25. The van der Waals surface area contributed by atoms with Crippen molar-refractivity contribution in [3.63, 3.8) is 0 Å². The maximum Gasteiger partial charge on any atom is 0.327 e. The summed E-state index contributed by atoms with van der Waals surface area (Å²) in [6.07, 6.45) is 2.13. The van der Waals surface area contributed by atoms with Crippen LogP contribution in [0.2, 0.25) is 0 Å². The molecule has 3 saturated heterocycles. The van der Waals surface area contributed by atoms with E-state index in [1.165, 1.54) is 5.75 Å². The van der Waals surface area contributed by atoms with Crippen molar-refractivity contribution in [2.24, 2.45) is 0 Å². The summed E-state index contributed by atoms with van der Waals surface area (Å²) < 4.78 is -0.174. The summed E-state index contributed by atoms with van der Waals surface area (Å²) in [4.78, 5) is 29.5. The van der Waals surface area contributed by atoms with Crippen molar-refractivity contribution in [1.82, 2.24) is 9.80 Å². The molecule has 4 nitrogen and oxygen atoms in total. The minimum absolute atomic E-state index is 0.0230. The molecule has 4 rings (SSSR count). The van der Waals surface area contributed by atoms with Gasteiger partial charge in [-0.3, -0.25) is 9.69 Å². The summed E-state index contributed by atoms with van der Waals surface area (Å²) >= 11 is 5.83. The molecular weight excluding hydrogens is 336 g/mol. The van der Waals surface area contributed by atoms with Crippen LogP contribution < -0.4 is 0 Å². The van der Waals surface area contributed by atoms with Gasteiger partial charge in [-0.25, -0.2) is 4.79 Å². The first kappa shape index (κ1) is 15.5. The molecule has 1 aliphatic carbocycles. The highest BCUT2D eigenvalue weighted by molar-refractivity contribution is 8.07. The smallest absolute Gasteiger partial charge is 0.310 e. The van der Waals surface area contributed by atoms with Crippen LogP contribution in [0.5, 0.6) is 0 Å². The summed E-state index contributed by atoms with van der Waals surface area (Å²) in [5.74, 6) is 3.34. The Morgan fingerprint density at radius 2 is 1.86 bits per heavy atom. The van der Waals surface area contributed by atoms with E-state index in [-0.39, 0.29) is 28.8 Å². The first-order valence-electron chi connectivity index (χ1n) is 8.01. The molecule has 0 bridgehead atoms. The van der Waals surface area contributed by atoms with E-state index in [0.717, 1.165) is 24.3 Å². The quantitative estimate of drug-likeness (QED) is 0.674. The van der Waals surface area contributed by atoms with E-state index in [1.54, 1.807) is 4.90 Å². The molecule has 0 aromatic rings. The summed E-state index contributed by atoms with van der Waals surface area (Å²) in [6, 6.07) is -0.168. The predicted molar refractivity (Wildman–Crippen MR) is 94.8 cm³/mol. The molecule has 0 aromatic heterocycles. The van der Waals surface area contributed by atoms with E-state index in [2.05, 4.69) is 13.8 Å². The van der Waals surface area contributed by atoms with Crippen LogP contribution in [0.15, 0.2) is 0 Å². The zero-order chi connectivity index (χ0) is 15.5. The average Bonchev–Trinajstić information content (AvgIpc) is 3.00. The molecule has 0 spiro atoms. The third-order valence-corrected chi connectivity index (χ3v) is 9.90. The lowest BCUT2D eigenvalue weighted by Gasteiger charge is -2.39. The Hall–Kier alpha value is -0.0100. The van der Waals surface area contributed by atoms with E-state index in [4.69, 9.17) is 0 Å². The number of fused-ring (bicyclic) bond motifs is 2. The number of thioether (sulfide) groups is 3. The molecule has 4 atom stereocenters. The molecule has 0 N–H and O–H groups in total. The van der Waals surface area contributed by atoms with Gasteiger partial charge in [0.05, 0.1) is 6.04 Å². The first-order chi connectivity index (χ1) is 10.5. The molecule has 3 aliphatic heterocycles. The van der Waals surface area contributed by atoms with E-state index < -0.39 is 0 Å². The maximum atomic E-state index is 13.1. The number of hydrogen-bond donors (Lipinski definition) is 0. The zero-order valence-electron chi connectivity index (χ0n) is 13.0. The number of hydrogen-bond acceptors (Lipinski definition) is 5. The number of carbonyl (C=O) groups excluding carboxylic acids is 2. The highest BCUT2D eigenvalue weighted by atomic mass is 32.2. The van der Waals surface area contributed by atoms with Crippen molar-refractivity contribution in [3.05, 3.63) is 0 Å². The summed E-state index contributed by atoms with van der Waals surface area (Å²) in [5.41, 5.74) is 0. The van der Waals surface area contributed by atoms with Gasteiger partial charge < -0.3 is 4.90 Å². The number of imide groups is 1. The first-order valence-corrected chi connectivity index (χ1v) is 11.1. The lowest BCUT2D eigenvalue weighted by atomic mass is 10.0. The highest BCUT2D eigenvalue weighted by Gasteiger charge is 2.58. The number of nitrogens with zero attached hydrogens (tertiary/aromatic N) is 2. The van der Waals surface area contributed by atoms with Crippen molar-refractivity contribution in [3.8, 4) is 0 Å². The summed E-state index contributed by atoms with van der Waals surface area (Å²) in [5, 5.41) is 1.08. The van der Waals surface area contributed by atoms with E-state index in [9.17, 15) is 9.59 Å². The van der Waals surface area contributed by atoms with Crippen LogP contribution >= 0.6 is 35.3 Å². The second-order valence-electron chi connectivity index (χ2n) is 6.93. The van der Waals surface area contributed by atoms with Gasteiger partial charge in [0.15, 0.2) is 0 Å². The van der Waals surface area contributed by atoms with Gasteiger partial charge in [-0.1, -0.05) is 0 Å². The molecule has 22 heavy (non-hydrogen) atoms. The third kappa shape index (κ3) is 2.22. The second-order valence-corrected chi connectivity index (χ2v) is 11.3. The number of carbonyl (C=O) groups is 2. The fourth-order valence-electron chi connectivity index (χ4n) is 4.26. The van der Waals surface area contributed by atoms with Crippen LogP contribution in [-0.2, 0) is 4.79 Å². The van der Waals surface area contributed by atoms with Gasteiger partial charge in [0.25, 0.3) is 5.91 Å².